The summed E-state index contributed by atoms with van der Waals surface area (Å²) in [5, 5.41) is 11.4. The van der Waals surface area contributed by atoms with Crippen LogP contribution in [0.25, 0.3) is 0 Å². The van der Waals surface area contributed by atoms with E-state index in [1.54, 1.807) is 14.2 Å². The lowest BCUT2D eigenvalue weighted by molar-refractivity contribution is -0.115. The third-order valence-electron chi connectivity index (χ3n) is 6.68. The number of methoxy groups -OCH3 is 2. The third kappa shape index (κ3) is 3.65. The molecular weight excluding hydrogens is 385 g/mol. The van der Waals surface area contributed by atoms with Crippen LogP contribution < -0.4 is 9.47 Å². The van der Waals surface area contributed by atoms with E-state index in [0.29, 0.717) is 30.0 Å². The number of benzene rings is 2. The second-order valence-electron chi connectivity index (χ2n) is 8.26. The molecule has 1 aliphatic heterocycles. The molecule has 3 atom stereocenters. The van der Waals surface area contributed by atoms with E-state index < -0.39 is 5.60 Å². The predicted octanol–water partition coefficient (Wildman–Crippen LogP) is 4.35. The van der Waals surface area contributed by atoms with Crippen LogP contribution in [-0.4, -0.2) is 42.3 Å². The molecule has 160 valence electrons. The van der Waals surface area contributed by atoms with Crippen LogP contribution in [0.5, 0.6) is 11.5 Å². The van der Waals surface area contributed by atoms with Crippen molar-refractivity contribution in [1.82, 2.24) is 4.90 Å². The van der Waals surface area contributed by atoms with Crippen LogP contribution in [0.3, 0.4) is 0 Å². The first-order valence-electron chi connectivity index (χ1n) is 10.5. The fourth-order valence-corrected chi connectivity index (χ4v) is 5.12. The van der Waals surface area contributed by atoms with Crippen molar-refractivity contribution in [2.24, 2.45) is 5.92 Å². The number of amides is 1. The smallest absolute Gasteiger partial charge is 0.254 e. The molecule has 2 aromatic rings. The van der Waals surface area contributed by atoms with Gasteiger partial charge in [-0.3, -0.25) is 4.79 Å². The Morgan fingerprint density at radius 1 is 1.10 bits per heavy atom. The minimum Gasteiger partial charge on any atom is -0.497 e. The first-order valence-corrected chi connectivity index (χ1v) is 10.5. The Kier molecular flexibility index (Phi) is 5.69. The Labute approximate surface area is 176 Å². The molecule has 5 nitrogen and oxygen atoms in total. The number of hydrogen-bond donors (Lipinski definition) is 1. The van der Waals surface area contributed by atoms with Gasteiger partial charge in [-0.1, -0.05) is 12.8 Å². The molecule has 1 heterocycles. The molecule has 2 aromatic carbocycles. The number of hydrogen-bond acceptors (Lipinski definition) is 4. The van der Waals surface area contributed by atoms with Gasteiger partial charge >= 0.3 is 0 Å². The van der Waals surface area contributed by atoms with Crippen molar-refractivity contribution in [3.05, 3.63) is 59.4 Å². The second kappa shape index (κ2) is 8.26. The van der Waals surface area contributed by atoms with Crippen LogP contribution in [-0.2, 0) is 0 Å². The van der Waals surface area contributed by atoms with E-state index in [0.717, 1.165) is 31.2 Å². The van der Waals surface area contributed by atoms with Gasteiger partial charge in [0.25, 0.3) is 5.91 Å². The molecule has 1 saturated carbocycles. The lowest BCUT2D eigenvalue weighted by atomic mass is 9.66. The van der Waals surface area contributed by atoms with Gasteiger partial charge < -0.3 is 19.5 Å². The molecule has 1 amide bonds. The Bertz CT molecular complexity index is 916. The number of likely N-dealkylation sites (tertiary alicyclic amines) is 1. The van der Waals surface area contributed by atoms with Gasteiger partial charge in [0.2, 0.25) is 0 Å². The topological polar surface area (TPSA) is 59.0 Å². The molecule has 4 rings (SSSR count). The number of aliphatic hydroxyl groups is 1. The van der Waals surface area contributed by atoms with Crippen molar-refractivity contribution in [1.29, 1.82) is 0 Å². The lowest BCUT2D eigenvalue weighted by Gasteiger charge is -2.52. The maximum Gasteiger partial charge on any atom is 0.254 e. The molecule has 1 saturated heterocycles. The van der Waals surface area contributed by atoms with Gasteiger partial charge in [-0.2, -0.15) is 0 Å². The van der Waals surface area contributed by atoms with Crippen LogP contribution in [0.2, 0.25) is 0 Å². The van der Waals surface area contributed by atoms with Crippen molar-refractivity contribution >= 4 is 5.91 Å². The highest BCUT2D eigenvalue weighted by Gasteiger charge is 2.50. The summed E-state index contributed by atoms with van der Waals surface area (Å²) in [7, 11) is 3.19. The predicted molar refractivity (Wildman–Crippen MR) is 111 cm³/mol. The van der Waals surface area contributed by atoms with Gasteiger partial charge in [0.05, 0.1) is 25.9 Å². The molecule has 0 bridgehead atoms. The molecule has 0 radical (unpaired) electrons. The summed E-state index contributed by atoms with van der Waals surface area (Å²) in [4.78, 5) is 15.3. The minimum absolute atomic E-state index is 0.0910. The van der Waals surface area contributed by atoms with Gasteiger partial charge in [-0.05, 0) is 55.7 Å². The molecule has 0 spiro atoms. The maximum absolute atomic E-state index is 13.5. The molecule has 2 aliphatic rings. The highest BCUT2D eigenvalue weighted by Crippen LogP contribution is 2.51. The molecule has 1 aliphatic carbocycles. The van der Waals surface area contributed by atoms with Gasteiger partial charge in [0.1, 0.15) is 17.3 Å². The Morgan fingerprint density at radius 2 is 1.87 bits per heavy atom. The van der Waals surface area contributed by atoms with Crippen molar-refractivity contribution < 1.29 is 23.8 Å². The van der Waals surface area contributed by atoms with Gasteiger partial charge in [-0.25, -0.2) is 4.39 Å². The average molecular weight is 413 g/mol. The Hall–Kier alpha value is -2.60. The largest absolute Gasteiger partial charge is 0.497 e. The van der Waals surface area contributed by atoms with Gasteiger partial charge in [0.15, 0.2) is 0 Å². The van der Waals surface area contributed by atoms with E-state index in [2.05, 4.69) is 0 Å². The summed E-state index contributed by atoms with van der Waals surface area (Å²) < 4.78 is 24.4. The van der Waals surface area contributed by atoms with Gasteiger partial charge in [-0.15, -0.1) is 0 Å². The number of nitrogens with zero attached hydrogens (tertiary/aromatic N) is 1. The first kappa shape index (κ1) is 20.7. The van der Waals surface area contributed by atoms with Crippen molar-refractivity contribution in [3.8, 4) is 11.5 Å². The summed E-state index contributed by atoms with van der Waals surface area (Å²) >= 11 is 0. The van der Waals surface area contributed by atoms with E-state index in [9.17, 15) is 14.3 Å². The SMILES string of the molecule is COc1ccc(C2C3CCCCC3(O)CCN2C(=O)c2ccc(F)cc2)c(OC)c1. The number of carbonyl (C=O) groups is 1. The summed E-state index contributed by atoms with van der Waals surface area (Å²) in [6.07, 6.45) is 4.13. The summed E-state index contributed by atoms with van der Waals surface area (Å²) in [5.41, 5.74) is 0.502. The van der Waals surface area contributed by atoms with Crippen LogP contribution in [0.4, 0.5) is 4.39 Å². The fourth-order valence-electron chi connectivity index (χ4n) is 5.12. The number of piperidine rings is 1. The number of ether oxygens (including phenoxy) is 2. The van der Waals surface area contributed by atoms with E-state index in [1.807, 2.05) is 23.1 Å². The molecule has 0 aromatic heterocycles. The number of carbonyl (C=O) groups excluding carboxylic acids is 1. The average Bonchev–Trinajstić information content (AvgIpc) is 2.77. The van der Waals surface area contributed by atoms with E-state index in [-0.39, 0.29) is 23.7 Å². The quantitative estimate of drug-likeness (QED) is 0.810. The third-order valence-corrected chi connectivity index (χ3v) is 6.68. The highest BCUT2D eigenvalue weighted by atomic mass is 19.1. The maximum atomic E-state index is 13.5. The normalized spacial score (nSPS) is 26.1. The van der Waals surface area contributed by atoms with E-state index in [4.69, 9.17) is 9.47 Å². The molecule has 6 heteroatoms. The van der Waals surface area contributed by atoms with E-state index >= 15 is 0 Å². The molecular formula is C24H28FNO4. The zero-order valence-corrected chi connectivity index (χ0v) is 17.4. The Balaban J connectivity index is 1.79. The minimum atomic E-state index is -0.798. The molecule has 3 unspecified atom stereocenters. The monoisotopic (exact) mass is 413 g/mol. The molecule has 30 heavy (non-hydrogen) atoms. The zero-order valence-electron chi connectivity index (χ0n) is 17.4. The zero-order chi connectivity index (χ0) is 21.3. The summed E-state index contributed by atoms with van der Waals surface area (Å²) in [6.45, 7) is 0.434. The first-order chi connectivity index (χ1) is 14.5. The fraction of sp³-hybridized carbons (Fsp3) is 0.458. The second-order valence-corrected chi connectivity index (χ2v) is 8.26. The van der Waals surface area contributed by atoms with Crippen LogP contribution in [0, 0.1) is 11.7 Å². The lowest BCUT2D eigenvalue weighted by Crippen LogP contribution is -2.56. The van der Waals surface area contributed by atoms with Crippen molar-refractivity contribution in [2.45, 2.75) is 43.7 Å². The highest BCUT2D eigenvalue weighted by molar-refractivity contribution is 5.94. The number of fused-ring (bicyclic) bond motifs is 1. The van der Waals surface area contributed by atoms with Crippen molar-refractivity contribution in [2.75, 3.05) is 20.8 Å². The Morgan fingerprint density at radius 3 is 2.57 bits per heavy atom. The van der Waals surface area contributed by atoms with Crippen LogP contribution >= 0.6 is 0 Å². The van der Waals surface area contributed by atoms with Gasteiger partial charge in [0, 0.05) is 29.7 Å². The summed E-state index contributed by atoms with van der Waals surface area (Å²) in [6, 6.07) is 10.9. The number of halogens is 1. The number of rotatable bonds is 4. The summed E-state index contributed by atoms with van der Waals surface area (Å²) in [5.74, 6) is 0.671. The van der Waals surface area contributed by atoms with Crippen LogP contribution in [0.15, 0.2) is 42.5 Å². The van der Waals surface area contributed by atoms with E-state index in [1.165, 1.54) is 24.3 Å². The standard InChI is InChI=1S/C24H28FNO4/c1-29-18-10-11-19(21(15-18)30-2)22-20-5-3-4-12-24(20,28)13-14-26(22)23(27)16-6-8-17(25)9-7-16/h6-11,15,20,22,28H,3-5,12-14H2,1-2H3. The van der Waals surface area contributed by atoms with Crippen molar-refractivity contribution in [3.63, 3.8) is 0 Å². The molecule has 2 fully saturated rings. The van der Waals surface area contributed by atoms with Crippen LogP contribution in [0.1, 0.15) is 54.1 Å². The molecule has 1 N–H and O–H groups in total.